The molecule has 0 bridgehead atoms. The Morgan fingerprint density at radius 1 is 1.23 bits per heavy atom. The number of rotatable bonds is 12. The van der Waals surface area contributed by atoms with Gasteiger partial charge in [0.05, 0.1) is 12.7 Å². The number of nitrogens with zero attached hydrogens (tertiary/aromatic N) is 3. The molecule has 170 valence electrons. The molecule has 1 aromatic heterocycles. The number of hydrogen-bond donors (Lipinski definition) is 1. The summed E-state index contributed by atoms with van der Waals surface area (Å²) in [6.45, 7) is 10.9. The maximum atomic E-state index is 13.4. The topological polar surface area (TPSA) is 87.9 Å². The van der Waals surface area contributed by atoms with Crippen molar-refractivity contribution >= 4 is 17.6 Å². The molecular formula is C23H34N4O4. The normalized spacial score (nSPS) is 11.9. The zero-order chi connectivity index (χ0) is 22.8. The number of hydrogen-bond acceptors (Lipinski definition) is 6. The molecule has 2 amide bonds. The molecule has 0 aliphatic rings. The first kappa shape index (κ1) is 24.4. The highest BCUT2D eigenvalue weighted by Crippen LogP contribution is 2.22. The second-order valence-electron chi connectivity index (χ2n) is 7.52. The van der Waals surface area contributed by atoms with Gasteiger partial charge in [0.2, 0.25) is 5.91 Å². The van der Waals surface area contributed by atoms with Gasteiger partial charge in [0, 0.05) is 12.1 Å². The highest BCUT2D eigenvalue weighted by Gasteiger charge is 2.26. The first-order valence-electron chi connectivity index (χ1n) is 10.8. The standard InChI is InChI=1S/C23H34N4O4/c1-6-26(7-2)14-10-11-17(3)27(16-22(28)24-21-15-18(4)31-25-21)23(29)19-12-8-9-13-20(19)30-5/h8-9,12-13,15,17H,6-7,10-11,14,16H2,1-5H3,(H,24,25,28). The van der Waals surface area contributed by atoms with Crippen molar-refractivity contribution in [2.75, 3.05) is 38.6 Å². The minimum absolute atomic E-state index is 0.0881. The molecule has 1 unspecified atom stereocenters. The fraction of sp³-hybridized carbons (Fsp3) is 0.522. The fourth-order valence-corrected chi connectivity index (χ4v) is 3.47. The average Bonchev–Trinajstić information content (AvgIpc) is 3.18. The minimum Gasteiger partial charge on any atom is -0.496 e. The molecule has 8 nitrogen and oxygen atoms in total. The maximum Gasteiger partial charge on any atom is 0.258 e. The number of aromatic nitrogens is 1. The van der Waals surface area contributed by atoms with Gasteiger partial charge in [0.1, 0.15) is 18.1 Å². The van der Waals surface area contributed by atoms with Gasteiger partial charge in [-0.25, -0.2) is 0 Å². The summed E-state index contributed by atoms with van der Waals surface area (Å²) in [5, 5.41) is 6.49. The molecular weight excluding hydrogens is 396 g/mol. The van der Waals surface area contributed by atoms with Crippen LogP contribution in [0.1, 0.15) is 49.7 Å². The van der Waals surface area contributed by atoms with E-state index in [1.54, 1.807) is 36.1 Å². The van der Waals surface area contributed by atoms with Crippen LogP contribution in [-0.4, -0.2) is 66.1 Å². The molecule has 1 heterocycles. The molecule has 8 heteroatoms. The highest BCUT2D eigenvalue weighted by atomic mass is 16.5. The van der Waals surface area contributed by atoms with E-state index in [9.17, 15) is 9.59 Å². The maximum absolute atomic E-state index is 13.4. The number of aryl methyl sites for hydroxylation is 1. The summed E-state index contributed by atoms with van der Waals surface area (Å²) >= 11 is 0. The van der Waals surface area contributed by atoms with Crippen molar-refractivity contribution < 1.29 is 18.8 Å². The SMILES string of the molecule is CCN(CC)CCCC(C)N(CC(=O)Nc1cc(C)on1)C(=O)c1ccccc1OC. The number of nitrogens with one attached hydrogen (secondary N) is 1. The van der Waals surface area contributed by atoms with Gasteiger partial charge >= 0.3 is 0 Å². The van der Waals surface area contributed by atoms with Gasteiger partial charge < -0.3 is 24.4 Å². The third kappa shape index (κ3) is 7.10. The quantitative estimate of drug-likeness (QED) is 0.554. The summed E-state index contributed by atoms with van der Waals surface area (Å²) in [6, 6.07) is 8.57. The molecule has 0 saturated carbocycles. The molecule has 2 aromatic rings. The first-order chi connectivity index (χ1) is 14.9. The average molecular weight is 431 g/mol. The molecule has 0 aliphatic carbocycles. The largest absolute Gasteiger partial charge is 0.496 e. The fourth-order valence-electron chi connectivity index (χ4n) is 3.47. The van der Waals surface area contributed by atoms with Gasteiger partial charge in [-0.1, -0.05) is 31.1 Å². The summed E-state index contributed by atoms with van der Waals surface area (Å²) < 4.78 is 10.4. The van der Waals surface area contributed by atoms with Gasteiger partial charge in [-0.15, -0.1) is 0 Å². The van der Waals surface area contributed by atoms with Gasteiger partial charge in [-0.3, -0.25) is 9.59 Å². The Labute approximate surface area is 184 Å². The van der Waals surface area contributed by atoms with Crippen LogP contribution in [0.3, 0.4) is 0 Å². The predicted octanol–water partition coefficient (Wildman–Crippen LogP) is 3.58. The molecule has 1 atom stereocenters. The van der Waals surface area contributed by atoms with E-state index < -0.39 is 0 Å². The molecule has 0 fully saturated rings. The zero-order valence-corrected chi connectivity index (χ0v) is 19.2. The molecule has 0 aliphatic heterocycles. The Morgan fingerprint density at radius 2 is 1.94 bits per heavy atom. The number of amides is 2. The molecule has 0 spiro atoms. The zero-order valence-electron chi connectivity index (χ0n) is 19.2. The van der Waals surface area contributed by atoms with Crippen molar-refractivity contribution in [2.45, 2.75) is 46.6 Å². The van der Waals surface area contributed by atoms with E-state index in [1.165, 1.54) is 7.11 Å². The van der Waals surface area contributed by atoms with Crippen LogP contribution in [0.5, 0.6) is 5.75 Å². The van der Waals surface area contributed by atoms with Gasteiger partial charge in [0.25, 0.3) is 5.91 Å². The van der Waals surface area contributed by atoms with Crippen molar-refractivity contribution in [3.8, 4) is 5.75 Å². The van der Waals surface area contributed by atoms with Crippen molar-refractivity contribution in [1.82, 2.24) is 15.0 Å². The Bertz CT molecular complexity index is 848. The lowest BCUT2D eigenvalue weighted by Gasteiger charge is -2.30. The van der Waals surface area contributed by atoms with E-state index in [0.29, 0.717) is 22.9 Å². The molecule has 1 aromatic carbocycles. The van der Waals surface area contributed by atoms with E-state index in [2.05, 4.69) is 29.2 Å². The van der Waals surface area contributed by atoms with E-state index in [-0.39, 0.29) is 24.4 Å². The van der Waals surface area contributed by atoms with Crippen LogP contribution in [0.2, 0.25) is 0 Å². The van der Waals surface area contributed by atoms with E-state index in [4.69, 9.17) is 9.26 Å². The highest BCUT2D eigenvalue weighted by molar-refractivity contribution is 6.00. The summed E-state index contributed by atoms with van der Waals surface area (Å²) in [6.07, 6.45) is 1.72. The Kier molecular flexibility index (Phi) is 9.52. The summed E-state index contributed by atoms with van der Waals surface area (Å²) in [5.41, 5.74) is 0.436. The number of methoxy groups -OCH3 is 1. The first-order valence-corrected chi connectivity index (χ1v) is 10.8. The summed E-state index contributed by atoms with van der Waals surface area (Å²) in [4.78, 5) is 30.0. The van der Waals surface area contributed by atoms with Crippen LogP contribution in [0.15, 0.2) is 34.9 Å². The second kappa shape index (κ2) is 12.1. The van der Waals surface area contributed by atoms with Crippen LogP contribution in [0.25, 0.3) is 0 Å². The number of anilines is 1. The lowest BCUT2D eigenvalue weighted by Crippen LogP contribution is -2.44. The Hall–Kier alpha value is -2.87. The number of para-hydroxylation sites is 1. The van der Waals surface area contributed by atoms with Gasteiger partial charge in [0.15, 0.2) is 5.82 Å². The lowest BCUT2D eigenvalue weighted by molar-refractivity contribution is -0.117. The van der Waals surface area contributed by atoms with Crippen molar-refractivity contribution in [2.24, 2.45) is 0 Å². The summed E-state index contributed by atoms with van der Waals surface area (Å²) in [5.74, 6) is 0.857. The number of benzene rings is 1. The van der Waals surface area contributed by atoms with E-state index in [0.717, 1.165) is 32.5 Å². The minimum atomic E-state index is -0.327. The van der Waals surface area contributed by atoms with E-state index >= 15 is 0 Å². The summed E-state index contributed by atoms with van der Waals surface area (Å²) in [7, 11) is 1.53. The lowest BCUT2D eigenvalue weighted by atomic mass is 10.1. The third-order valence-electron chi connectivity index (χ3n) is 5.33. The Morgan fingerprint density at radius 3 is 2.55 bits per heavy atom. The van der Waals surface area contributed by atoms with Crippen LogP contribution in [0.4, 0.5) is 5.82 Å². The monoisotopic (exact) mass is 430 g/mol. The third-order valence-corrected chi connectivity index (χ3v) is 5.33. The second-order valence-corrected chi connectivity index (χ2v) is 7.52. The predicted molar refractivity (Wildman–Crippen MR) is 120 cm³/mol. The van der Waals surface area contributed by atoms with Crippen molar-refractivity contribution in [3.05, 3.63) is 41.7 Å². The molecule has 1 N–H and O–H groups in total. The van der Waals surface area contributed by atoms with Crippen LogP contribution >= 0.6 is 0 Å². The molecule has 31 heavy (non-hydrogen) atoms. The molecule has 0 saturated heterocycles. The number of carbonyl (C=O) groups is 2. The van der Waals surface area contributed by atoms with Crippen LogP contribution < -0.4 is 10.1 Å². The van der Waals surface area contributed by atoms with E-state index in [1.807, 2.05) is 13.0 Å². The van der Waals surface area contributed by atoms with Crippen LogP contribution in [-0.2, 0) is 4.79 Å². The van der Waals surface area contributed by atoms with Crippen molar-refractivity contribution in [1.29, 1.82) is 0 Å². The van der Waals surface area contributed by atoms with Crippen LogP contribution in [0, 0.1) is 6.92 Å². The number of carbonyl (C=O) groups excluding carboxylic acids is 2. The molecule has 0 radical (unpaired) electrons. The Balaban J connectivity index is 2.15. The van der Waals surface area contributed by atoms with Gasteiger partial charge in [-0.2, -0.15) is 0 Å². The van der Waals surface area contributed by atoms with Crippen molar-refractivity contribution in [3.63, 3.8) is 0 Å². The molecule has 2 rings (SSSR count). The van der Waals surface area contributed by atoms with Gasteiger partial charge in [-0.05, 0) is 58.5 Å². The smallest absolute Gasteiger partial charge is 0.258 e. The number of ether oxygens (including phenoxy) is 1.